The first-order valence-electron chi connectivity index (χ1n) is 10.7. The molecule has 9 heteroatoms. The average molecular weight is 450 g/mol. The van der Waals surface area contributed by atoms with Crippen molar-refractivity contribution >= 4 is 28.4 Å². The van der Waals surface area contributed by atoms with Crippen molar-refractivity contribution in [1.82, 2.24) is 14.9 Å². The number of hydrogen-bond acceptors (Lipinski definition) is 6. The number of carbonyl (C=O) groups excluding carboxylic acids is 2. The smallest absolute Gasteiger partial charge is 0.258 e. The monoisotopic (exact) mass is 450 g/mol. The molecule has 1 saturated heterocycles. The predicted octanol–water partition coefficient (Wildman–Crippen LogP) is 2.34. The van der Waals surface area contributed by atoms with Crippen LogP contribution in [0.3, 0.4) is 0 Å². The third kappa shape index (κ3) is 4.39. The fourth-order valence-corrected chi connectivity index (χ4v) is 4.11. The maximum Gasteiger partial charge on any atom is 0.258 e. The highest BCUT2D eigenvalue weighted by Crippen LogP contribution is 2.36. The summed E-state index contributed by atoms with van der Waals surface area (Å²) in [6.45, 7) is 2.67. The van der Waals surface area contributed by atoms with E-state index in [1.54, 1.807) is 53.3 Å². The Balaban J connectivity index is 1.54. The molecule has 1 aliphatic heterocycles. The summed E-state index contributed by atoms with van der Waals surface area (Å²) in [6, 6.07) is 12.3. The van der Waals surface area contributed by atoms with Gasteiger partial charge in [-0.15, -0.1) is 0 Å². The zero-order valence-corrected chi connectivity index (χ0v) is 18.8. The van der Waals surface area contributed by atoms with Crippen molar-refractivity contribution in [1.29, 1.82) is 0 Å². The van der Waals surface area contributed by atoms with Gasteiger partial charge in [-0.3, -0.25) is 14.4 Å². The van der Waals surface area contributed by atoms with Gasteiger partial charge in [-0.05, 0) is 31.2 Å². The first-order chi connectivity index (χ1) is 15.9. The molecule has 1 aromatic heterocycles. The number of nitrogens with one attached hydrogen (secondary N) is 1. The van der Waals surface area contributed by atoms with Crippen molar-refractivity contribution in [3.63, 3.8) is 0 Å². The van der Waals surface area contributed by atoms with Crippen molar-refractivity contribution in [2.24, 2.45) is 5.92 Å². The quantitative estimate of drug-likeness (QED) is 0.593. The van der Waals surface area contributed by atoms with E-state index in [2.05, 4.69) is 9.97 Å². The van der Waals surface area contributed by atoms with E-state index in [0.29, 0.717) is 40.5 Å². The zero-order chi connectivity index (χ0) is 23.5. The van der Waals surface area contributed by atoms with E-state index in [9.17, 15) is 14.4 Å². The van der Waals surface area contributed by atoms with Crippen LogP contribution in [0.25, 0.3) is 10.9 Å². The number of carbonyl (C=O) groups is 2. The Morgan fingerprint density at radius 3 is 2.70 bits per heavy atom. The van der Waals surface area contributed by atoms with Gasteiger partial charge in [-0.1, -0.05) is 12.1 Å². The van der Waals surface area contributed by atoms with Gasteiger partial charge in [0.2, 0.25) is 11.8 Å². The molecule has 1 aliphatic rings. The summed E-state index contributed by atoms with van der Waals surface area (Å²) in [4.78, 5) is 48.9. The number of hydrogen-bond donors (Lipinski definition) is 1. The number of ether oxygens (including phenoxy) is 2. The largest absolute Gasteiger partial charge is 0.497 e. The van der Waals surface area contributed by atoms with Gasteiger partial charge < -0.3 is 24.3 Å². The summed E-state index contributed by atoms with van der Waals surface area (Å²) in [7, 11) is 3.08. The van der Waals surface area contributed by atoms with Gasteiger partial charge in [0, 0.05) is 25.6 Å². The summed E-state index contributed by atoms with van der Waals surface area (Å²) < 4.78 is 10.7. The van der Waals surface area contributed by atoms with Crippen LogP contribution in [0.1, 0.15) is 19.2 Å². The van der Waals surface area contributed by atoms with E-state index >= 15 is 0 Å². The van der Waals surface area contributed by atoms with Crippen LogP contribution in [0.5, 0.6) is 11.5 Å². The molecule has 172 valence electrons. The Morgan fingerprint density at radius 1 is 1.18 bits per heavy atom. The molecule has 33 heavy (non-hydrogen) atoms. The highest BCUT2D eigenvalue weighted by Gasteiger charge is 2.38. The van der Waals surface area contributed by atoms with Crippen LogP contribution < -0.4 is 19.9 Å². The molecule has 9 nitrogen and oxygen atoms in total. The topological polar surface area (TPSA) is 105 Å². The van der Waals surface area contributed by atoms with Crippen LogP contribution >= 0.6 is 0 Å². The maximum atomic E-state index is 13.3. The van der Waals surface area contributed by atoms with E-state index in [-0.39, 0.29) is 36.9 Å². The zero-order valence-electron chi connectivity index (χ0n) is 18.8. The number of anilines is 1. The predicted molar refractivity (Wildman–Crippen MR) is 123 cm³/mol. The number of para-hydroxylation sites is 1. The number of aromatic nitrogens is 2. The van der Waals surface area contributed by atoms with E-state index in [1.165, 1.54) is 7.11 Å². The van der Waals surface area contributed by atoms with Crippen LogP contribution in [0.2, 0.25) is 0 Å². The Bertz CT molecular complexity index is 1260. The van der Waals surface area contributed by atoms with Crippen LogP contribution in [0.15, 0.2) is 47.3 Å². The minimum atomic E-state index is -0.513. The molecule has 4 rings (SSSR count). The number of rotatable bonds is 7. The van der Waals surface area contributed by atoms with Crippen LogP contribution in [-0.2, 0) is 16.1 Å². The minimum absolute atomic E-state index is 0.0946. The molecule has 2 aromatic carbocycles. The van der Waals surface area contributed by atoms with E-state index in [0.717, 1.165) is 0 Å². The second kappa shape index (κ2) is 9.32. The van der Waals surface area contributed by atoms with Gasteiger partial charge in [-0.2, -0.15) is 0 Å². The molecule has 1 atom stereocenters. The number of benzene rings is 2. The number of methoxy groups -OCH3 is 2. The van der Waals surface area contributed by atoms with Gasteiger partial charge in [0.05, 0.1) is 43.3 Å². The number of aromatic amines is 1. The third-order valence-electron chi connectivity index (χ3n) is 5.85. The lowest BCUT2D eigenvalue weighted by Gasteiger charge is -2.24. The first kappa shape index (κ1) is 22.3. The Labute approximate surface area is 190 Å². The number of nitrogens with zero attached hydrogens (tertiary/aromatic N) is 3. The summed E-state index contributed by atoms with van der Waals surface area (Å²) >= 11 is 0. The first-order valence-corrected chi connectivity index (χ1v) is 10.7. The molecule has 0 spiro atoms. The molecule has 2 heterocycles. The summed E-state index contributed by atoms with van der Waals surface area (Å²) in [6.07, 6.45) is 0.0946. The molecule has 3 aromatic rings. The van der Waals surface area contributed by atoms with Crippen molar-refractivity contribution in [2.45, 2.75) is 19.9 Å². The summed E-state index contributed by atoms with van der Waals surface area (Å²) in [5, 5.41) is 0.500. The molecule has 0 unspecified atom stereocenters. The fourth-order valence-electron chi connectivity index (χ4n) is 4.11. The van der Waals surface area contributed by atoms with Gasteiger partial charge in [0.1, 0.15) is 17.3 Å². The lowest BCUT2D eigenvalue weighted by Crippen LogP contribution is -2.37. The highest BCUT2D eigenvalue weighted by molar-refractivity contribution is 6.01. The van der Waals surface area contributed by atoms with E-state index < -0.39 is 5.92 Å². The van der Waals surface area contributed by atoms with Crippen molar-refractivity contribution in [3.05, 3.63) is 58.6 Å². The third-order valence-corrected chi connectivity index (χ3v) is 5.85. The molecule has 0 aliphatic carbocycles. The van der Waals surface area contributed by atoms with Crippen LogP contribution in [-0.4, -0.2) is 54.0 Å². The average Bonchev–Trinajstić information content (AvgIpc) is 3.23. The van der Waals surface area contributed by atoms with Gasteiger partial charge in [0.15, 0.2) is 0 Å². The minimum Gasteiger partial charge on any atom is -0.497 e. The maximum absolute atomic E-state index is 13.3. The molecule has 1 N–H and O–H groups in total. The Kier molecular flexibility index (Phi) is 6.30. The molecular weight excluding hydrogens is 424 g/mol. The second-order valence-electron chi connectivity index (χ2n) is 7.83. The van der Waals surface area contributed by atoms with Crippen molar-refractivity contribution in [3.8, 4) is 11.5 Å². The molecule has 2 amide bonds. The van der Waals surface area contributed by atoms with Crippen LogP contribution in [0, 0.1) is 5.92 Å². The normalized spacial score (nSPS) is 15.7. The SMILES string of the molecule is CCN(Cc1nc2ccccc2c(=O)[nH]1)C(=O)[C@@H]1CC(=O)N(c2cc(OC)ccc2OC)C1. The Morgan fingerprint density at radius 2 is 1.97 bits per heavy atom. The number of amides is 2. The van der Waals surface area contributed by atoms with Crippen molar-refractivity contribution < 1.29 is 19.1 Å². The van der Waals surface area contributed by atoms with Crippen molar-refractivity contribution in [2.75, 3.05) is 32.2 Å². The fraction of sp³-hybridized carbons (Fsp3) is 0.333. The summed E-state index contributed by atoms with van der Waals surface area (Å²) in [5.74, 6) is 0.696. The number of fused-ring (bicyclic) bond motifs is 1. The molecule has 1 fully saturated rings. The number of H-pyrrole nitrogens is 1. The molecule has 0 saturated carbocycles. The lowest BCUT2D eigenvalue weighted by atomic mass is 10.1. The van der Waals surface area contributed by atoms with Crippen LogP contribution in [0.4, 0.5) is 5.69 Å². The van der Waals surface area contributed by atoms with E-state index in [4.69, 9.17) is 9.47 Å². The lowest BCUT2D eigenvalue weighted by molar-refractivity contribution is -0.136. The molecule has 0 bridgehead atoms. The standard InChI is InChI=1S/C24H26N4O5/c1-4-27(14-21-25-18-8-6-5-7-17(18)23(30)26-21)24(31)15-11-22(29)28(13-15)19-12-16(32-2)9-10-20(19)33-3/h5-10,12,15H,4,11,13-14H2,1-3H3,(H,25,26,30)/t15-/m1/s1. The van der Waals surface area contributed by atoms with Gasteiger partial charge >= 0.3 is 0 Å². The van der Waals surface area contributed by atoms with Gasteiger partial charge in [0.25, 0.3) is 5.56 Å². The molecular formula is C24H26N4O5. The highest BCUT2D eigenvalue weighted by atomic mass is 16.5. The molecule has 0 radical (unpaired) electrons. The van der Waals surface area contributed by atoms with E-state index in [1.807, 2.05) is 13.0 Å². The van der Waals surface area contributed by atoms with Gasteiger partial charge in [-0.25, -0.2) is 4.98 Å². The second-order valence-corrected chi connectivity index (χ2v) is 7.83. The Hall–Kier alpha value is -3.88. The summed E-state index contributed by atoms with van der Waals surface area (Å²) in [5.41, 5.74) is 0.902.